The van der Waals surface area contributed by atoms with E-state index in [1.54, 1.807) is 34.0 Å². The van der Waals surface area contributed by atoms with E-state index in [0.717, 1.165) is 22.2 Å². The summed E-state index contributed by atoms with van der Waals surface area (Å²) < 4.78 is 37.7. The third kappa shape index (κ3) is 6.51. The number of nitrogens with one attached hydrogen (secondary N) is 1. The van der Waals surface area contributed by atoms with E-state index in [0.29, 0.717) is 41.2 Å². The van der Waals surface area contributed by atoms with Crippen LogP contribution in [0.15, 0.2) is 65.3 Å². The van der Waals surface area contributed by atoms with Crippen LogP contribution in [0.4, 0.5) is 14.9 Å². The molecule has 2 heterocycles. The Morgan fingerprint density at radius 3 is 2.69 bits per heavy atom. The molecular weight excluding hydrogens is 539 g/mol. The molecule has 0 radical (unpaired) electrons. The van der Waals surface area contributed by atoms with Crippen LogP contribution >= 0.6 is 0 Å². The molecule has 1 atom stereocenters. The number of nitrogens with zero attached hydrogens (tertiary/aromatic N) is 1. The Bertz CT molecular complexity index is 1620. The third-order valence-corrected chi connectivity index (χ3v) is 6.88. The average Bonchev–Trinajstić information content (AvgIpc) is 3.39. The van der Waals surface area contributed by atoms with E-state index in [4.69, 9.17) is 18.6 Å². The van der Waals surface area contributed by atoms with Crippen molar-refractivity contribution in [3.8, 4) is 16.9 Å². The zero-order valence-corrected chi connectivity index (χ0v) is 24.5. The molecule has 0 saturated heterocycles. The second-order valence-corrected chi connectivity index (χ2v) is 11.3. The van der Waals surface area contributed by atoms with Crippen molar-refractivity contribution in [1.29, 1.82) is 0 Å². The number of para-hydroxylation sites is 1. The van der Waals surface area contributed by atoms with Crippen molar-refractivity contribution in [2.45, 2.75) is 52.4 Å². The Morgan fingerprint density at radius 1 is 1.12 bits per heavy atom. The normalized spacial score (nSPS) is 14.7. The van der Waals surface area contributed by atoms with Crippen LogP contribution < -0.4 is 15.0 Å². The van der Waals surface area contributed by atoms with E-state index < -0.39 is 17.5 Å². The highest BCUT2D eigenvalue weighted by molar-refractivity contribution is 5.93. The zero-order valence-electron chi connectivity index (χ0n) is 24.5. The molecule has 1 aliphatic heterocycles. The Hall–Kier alpha value is -4.53. The molecule has 42 heavy (non-hydrogen) atoms. The average molecular weight is 575 g/mol. The van der Waals surface area contributed by atoms with Crippen LogP contribution in [0.1, 0.15) is 50.5 Å². The van der Waals surface area contributed by atoms with Crippen molar-refractivity contribution in [2.75, 3.05) is 25.1 Å². The molecule has 0 bridgehead atoms. The highest BCUT2D eigenvalue weighted by Crippen LogP contribution is 2.42. The van der Waals surface area contributed by atoms with Gasteiger partial charge in [-0.05, 0) is 86.8 Å². The Morgan fingerprint density at radius 2 is 1.93 bits per heavy atom. The number of hydrogen-bond donors (Lipinski definition) is 1. The quantitative estimate of drug-likeness (QED) is 0.239. The summed E-state index contributed by atoms with van der Waals surface area (Å²) in [6.07, 6.45) is 0.756. The van der Waals surface area contributed by atoms with Crippen LogP contribution in [0.3, 0.4) is 0 Å². The van der Waals surface area contributed by atoms with Crippen LogP contribution in [0, 0.1) is 5.82 Å². The van der Waals surface area contributed by atoms with Gasteiger partial charge in [-0.2, -0.15) is 0 Å². The maximum absolute atomic E-state index is 14.9. The van der Waals surface area contributed by atoms with Gasteiger partial charge >= 0.3 is 12.1 Å². The molecule has 4 aromatic rings. The van der Waals surface area contributed by atoms with Gasteiger partial charge in [0.05, 0.1) is 31.5 Å². The lowest BCUT2D eigenvalue weighted by Gasteiger charge is -2.35. The van der Waals surface area contributed by atoms with Crippen LogP contribution in [0.2, 0.25) is 0 Å². The Balaban J connectivity index is 1.47. The molecule has 1 aromatic heterocycles. The Labute approximate surface area is 244 Å². The van der Waals surface area contributed by atoms with Crippen molar-refractivity contribution >= 4 is 28.7 Å². The SMILES string of the molecule is CCOC(=O)Cc1cccc2c1OC(c1cc(-c3cc(F)cc(CNC(=O)OC(C)(C)C)c3)c3occc3c1)CN2C. The monoisotopic (exact) mass is 574 g/mol. The van der Waals surface area contributed by atoms with E-state index in [-0.39, 0.29) is 25.0 Å². The maximum Gasteiger partial charge on any atom is 0.407 e. The van der Waals surface area contributed by atoms with Gasteiger partial charge in [0.2, 0.25) is 0 Å². The largest absolute Gasteiger partial charge is 0.481 e. The van der Waals surface area contributed by atoms with Gasteiger partial charge in [-0.1, -0.05) is 12.1 Å². The minimum Gasteiger partial charge on any atom is -0.481 e. The van der Waals surface area contributed by atoms with E-state index in [1.807, 2.05) is 49.5 Å². The minimum atomic E-state index is -0.641. The van der Waals surface area contributed by atoms with Crippen LogP contribution in [-0.2, 0) is 27.2 Å². The lowest BCUT2D eigenvalue weighted by Crippen LogP contribution is -2.32. The lowest BCUT2D eigenvalue weighted by atomic mass is 9.95. The molecule has 0 aliphatic carbocycles. The van der Waals surface area contributed by atoms with Gasteiger partial charge in [0.1, 0.15) is 28.9 Å². The number of carbonyl (C=O) groups is 2. The van der Waals surface area contributed by atoms with Crippen molar-refractivity contribution in [1.82, 2.24) is 5.32 Å². The highest BCUT2D eigenvalue weighted by Gasteiger charge is 2.29. The molecule has 1 amide bonds. The summed E-state index contributed by atoms with van der Waals surface area (Å²) in [5.41, 5.74) is 4.37. The summed E-state index contributed by atoms with van der Waals surface area (Å²) in [6.45, 7) is 8.08. The number of likely N-dealkylation sites (N-methyl/N-ethyl adjacent to an activating group) is 1. The summed E-state index contributed by atoms with van der Waals surface area (Å²) in [5.74, 6) is -0.117. The van der Waals surface area contributed by atoms with E-state index in [2.05, 4.69) is 10.2 Å². The molecule has 0 spiro atoms. The van der Waals surface area contributed by atoms with Gasteiger partial charge < -0.3 is 28.8 Å². The van der Waals surface area contributed by atoms with Gasteiger partial charge in [-0.15, -0.1) is 0 Å². The van der Waals surface area contributed by atoms with E-state index >= 15 is 0 Å². The number of furan rings is 1. The number of carbonyl (C=O) groups excluding carboxylic acids is 2. The second-order valence-electron chi connectivity index (χ2n) is 11.3. The molecule has 0 saturated carbocycles. The number of rotatable bonds is 7. The summed E-state index contributed by atoms with van der Waals surface area (Å²) in [6, 6.07) is 16.2. The topological polar surface area (TPSA) is 90.2 Å². The molecule has 1 N–H and O–H groups in total. The number of alkyl carbamates (subject to hydrolysis) is 1. The van der Waals surface area contributed by atoms with Crippen molar-refractivity contribution < 1.29 is 32.6 Å². The number of hydrogen-bond acceptors (Lipinski definition) is 7. The molecule has 1 aliphatic rings. The van der Waals surface area contributed by atoms with E-state index in [1.165, 1.54) is 12.1 Å². The number of halogens is 1. The number of anilines is 1. The van der Waals surface area contributed by atoms with Gasteiger partial charge in [-0.25, -0.2) is 9.18 Å². The van der Waals surface area contributed by atoms with Crippen LogP contribution in [0.5, 0.6) is 5.75 Å². The van der Waals surface area contributed by atoms with E-state index in [9.17, 15) is 14.0 Å². The van der Waals surface area contributed by atoms with Gasteiger partial charge in [-0.3, -0.25) is 4.79 Å². The van der Waals surface area contributed by atoms with Gasteiger partial charge in [0.25, 0.3) is 0 Å². The fourth-order valence-electron chi connectivity index (χ4n) is 5.12. The minimum absolute atomic E-state index is 0.0945. The number of ether oxygens (including phenoxy) is 3. The first-order valence-electron chi connectivity index (χ1n) is 13.9. The number of fused-ring (bicyclic) bond motifs is 2. The molecule has 1 unspecified atom stereocenters. The number of amides is 1. The summed E-state index contributed by atoms with van der Waals surface area (Å²) in [4.78, 5) is 26.6. The first-order valence-corrected chi connectivity index (χ1v) is 13.9. The number of esters is 1. The fourth-order valence-corrected chi connectivity index (χ4v) is 5.12. The predicted octanol–water partition coefficient (Wildman–Crippen LogP) is 6.94. The van der Waals surface area contributed by atoms with Crippen molar-refractivity contribution in [3.63, 3.8) is 0 Å². The molecule has 0 fully saturated rings. The Kier molecular flexibility index (Phi) is 8.11. The molecule has 5 rings (SSSR count). The summed E-state index contributed by atoms with van der Waals surface area (Å²) in [5, 5.41) is 3.53. The summed E-state index contributed by atoms with van der Waals surface area (Å²) in [7, 11) is 1.98. The molecule has 3 aromatic carbocycles. The third-order valence-electron chi connectivity index (χ3n) is 6.88. The van der Waals surface area contributed by atoms with Crippen LogP contribution in [0.25, 0.3) is 22.1 Å². The van der Waals surface area contributed by atoms with Gasteiger partial charge in [0.15, 0.2) is 0 Å². The molecule has 9 heteroatoms. The second kappa shape index (κ2) is 11.8. The maximum atomic E-state index is 14.9. The first kappa shape index (κ1) is 29.0. The van der Waals surface area contributed by atoms with Crippen LogP contribution in [-0.4, -0.2) is 37.9 Å². The lowest BCUT2D eigenvalue weighted by molar-refractivity contribution is -0.142. The number of benzene rings is 3. The fraction of sp³-hybridized carbons (Fsp3) is 0.333. The summed E-state index contributed by atoms with van der Waals surface area (Å²) >= 11 is 0. The molecular formula is C33H35FN2O6. The molecule has 8 nitrogen and oxygen atoms in total. The standard InChI is InChI=1S/C33H35FN2O6/c1-6-39-29(37)17-21-8-7-9-27-31(21)41-28(19-36(27)5)24-14-22-10-11-40-30(22)26(16-24)23-12-20(13-25(34)15-23)18-35-32(38)42-33(2,3)4/h7-16,28H,6,17-19H2,1-5H3,(H,35,38). The molecule has 220 valence electrons. The van der Waals surface area contributed by atoms with Gasteiger partial charge in [0, 0.05) is 30.1 Å². The van der Waals surface area contributed by atoms with Crippen molar-refractivity contribution in [3.05, 3.63) is 83.4 Å². The zero-order chi connectivity index (χ0) is 30.0. The predicted molar refractivity (Wildman–Crippen MR) is 158 cm³/mol. The first-order chi connectivity index (χ1) is 20.0. The van der Waals surface area contributed by atoms with Crippen molar-refractivity contribution in [2.24, 2.45) is 0 Å². The highest BCUT2D eigenvalue weighted by atomic mass is 19.1. The smallest absolute Gasteiger partial charge is 0.407 e.